The lowest BCUT2D eigenvalue weighted by Crippen LogP contribution is -2.38. The Bertz CT molecular complexity index is 990. The van der Waals surface area contributed by atoms with Gasteiger partial charge in [0.25, 0.3) is 0 Å². The zero-order chi connectivity index (χ0) is 20.4. The van der Waals surface area contributed by atoms with E-state index in [-0.39, 0.29) is 5.91 Å². The van der Waals surface area contributed by atoms with E-state index in [1.54, 1.807) is 0 Å². The smallest absolute Gasteiger partial charge is 0.238 e. The molecule has 1 amide bonds. The minimum atomic E-state index is 0.0273. The molecule has 152 valence electrons. The summed E-state index contributed by atoms with van der Waals surface area (Å²) in [5.74, 6) is 1.44. The van der Waals surface area contributed by atoms with Gasteiger partial charge in [-0.2, -0.15) is 0 Å². The molecule has 0 saturated carbocycles. The second-order valence-electron chi connectivity index (χ2n) is 7.82. The third-order valence-electron chi connectivity index (χ3n) is 5.47. The van der Waals surface area contributed by atoms with Crippen molar-refractivity contribution in [3.8, 4) is 0 Å². The van der Waals surface area contributed by atoms with Crippen LogP contribution in [0.4, 0.5) is 11.4 Å². The topological polar surface area (TPSA) is 64.3 Å². The molecule has 6 nitrogen and oxygen atoms in total. The van der Waals surface area contributed by atoms with Gasteiger partial charge in [0.2, 0.25) is 5.91 Å². The summed E-state index contributed by atoms with van der Waals surface area (Å²) in [6.07, 6.45) is 1.97. The molecule has 7 heteroatoms. The molecule has 2 aromatic carbocycles. The maximum atomic E-state index is 12.4. The fourth-order valence-corrected chi connectivity index (χ4v) is 3.98. The predicted octanol–water partition coefficient (Wildman–Crippen LogP) is 4.10. The molecule has 0 bridgehead atoms. The molecule has 1 aromatic heterocycles. The number of H-pyrrole nitrogens is 1. The number of piperidine rings is 1. The number of likely N-dealkylation sites (tertiary alicyclic amines) is 1. The summed E-state index contributed by atoms with van der Waals surface area (Å²) in [4.78, 5) is 24.8. The van der Waals surface area contributed by atoms with Crippen molar-refractivity contribution in [1.29, 1.82) is 0 Å². The molecule has 1 aliphatic rings. The first kappa shape index (κ1) is 19.7. The highest BCUT2D eigenvalue weighted by Gasteiger charge is 2.24. The van der Waals surface area contributed by atoms with Gasteiger partial charge >= 0.3 is 0 Å². The van der Waals surface area contributed by atoms with Crippen LogP contribution in [-0.4, -0.2) is 54.5 Å². The van der Waals surface area contributed by atoms with E-state index in [9.17, 15) is 4.79 Å². The summed E-state index contributed by atoms with van der Waals surface area (Å²) >= 11 is 6.07. The zero-order valence-electron chi connectivity index (χ0n) is 16.8. The van der Waals surface area contributed by atoms with Crippen LogP contribution in [0.1, 0.15) is 24.6 Å². The van der Waals surface area contributed by atoms with Crippen molar-refractivity contribution in [3.05, 3.63) is 53.3 Å². The summed E-state index contributed by atoms with van der Waals surface area (Å²) in [6, 6.07) is 13.6. The van der Waals surface area contributed by atoms with Crippen LogP contribution in [0.3, 0.4) is 0 Å². The molecule has 0 radical (unpaired) electrons. The standard InChI is InChI=1S/C22H26ClN5O/c1-27(2)18-6-4-17(5-7-18)24-21(29)14-28-11-9-15(10-12-28)22-25-19-8-3-16(23)13-20(19)26-22/h3-8,13,15H,9-12,14H2,1-2H3,(H,24,29)(H,25,26). The lowest BCUT2D eigenvalue weighted by molar-refractivity contribution is -0.117. The first-order valence-corrected chi connectivity index (χ1v) is 10.3. The van der Waals surface area contributed by atoms with Gasteiger partial charge in [0.05, 0.1) is 17.6 Å². The van der Waals surface area contributed by atoms with E-state index in [1.165, 1.54) is 0 Å². The summed E-state index contributed by atoms with van der Waals surface area (Å²) in [5, 5.41) is 3.70. The van der Waals surface area contributed by atoms with Crippen LogP contribution < -0.4 is 10.2 Å². The minimum absolute atomic E-state index is 0.0273. The maximum Gasteiger partial charge on any atom is 0.238 e. The van der Waals surface area contributed by atoms with E-state index in [1.807, 2.05) is 61.5 Å². The molecular formula is C22H26ClN5O. The van der Waals surface area contributed by atoms with E-state index in [0.29, 0.717) is 17.5 Å². The number of amides is 1. The van der Waals surface area contributed by atoms with Crippen molar-refractivity contribution in [2.24, 2.45) is 0 Å². The fraction of sp³-hybridized carbons (Fsp3) is 0.364. The Morgan fingerprint density at radius 2 is 1.93 bits per heavy atom. The molecule has 29 heavy (non-hydrogen) atoms. The van der Waals surface area contributed by atoms with Crippen LogP contribution in [0.15, 0.2) is 42.5 Å². The van der Waals surface area contributed by atoms with E-state index in [0.717, 1.165) is 54.2 Å². The monoisotopic (exact) mass is 411 g/mol. The second kappa shape index (κ2) is 8.43. The lowest BCUT2D eigenvalue weighted by atomic mass is 9.96. The van der Waals surface area contributed by atoms with Gasteiger partial charge in [-0.05, 0) is 68.4 Å². The number of hydrogen-bond acceptors (Lipinski definition) is 4. The van der Waals surface area contributed by atoms with Crippen molar-refractivity contribution in [3.63, 3.8) is 0 Å². The molecule has 3 aromatic rings. The van der Waals surface area contributed by atoms with Gasteiger partial charge in [-0.3, -0.25) is 9.69 Å². The summed E-state index contributed by atoms with van der Waals surface area (Å²) in [5.41, 5.74) is 3.87. The van der Waals surface area contributed by atoms with Crippen molar-refractivity contribution in [1.82, 2.24) is 14.9 Å². The Morgan fingerprint density at radius 1 is 1.21 bits per heavy atom. The molecule has 2 N–H and O–H groups in total. The maximum absolute atomic E-state index is 12.4. The van der Waals surface area contributed by atoms with E-state index < -0.39 is 0 Å². The third-order valence-corrected chi connectivity index (χ3v) is 5.71. The van der Waals surface area contributed by atoms with E-state index in [4.69, 9.17) is 16.6 Å². The number of aromatic amines is 1. The van der Waals surface area contributed by atoms with Crippen molar-refractivity contribution < 1.29 is 4.79 Å². The van der Waals surface area contributed by atoms with Gasteiger partial charge in [0.1, 0.15) is 5.82 Å². The lowest BCUT2D eigenvalue weighted by Gasteiger charge is -2.30. The van der Waals surface area contributed by atoms with Gasteiger partial charge < -0.3 is 15.2 Å². The quantitative estimate of drug-likeness (QED) is 0.663. The molecule has 1 saturated heterocycles. The number of nitrogens with one attached hydrogen (secondary N) is 2. The number of fused-ring (bicyclic) bond motifs is 1. The highest BCUT2D eigenvalue weighted by molar-refractivity contribution is 6.31. The minimum Gasteiger partial charge on any atom is -0.378 e. The predicted molar refractivity (Wildman–Crippen MR) is 119 cm³/mol. The molecule has 1 aliphatic heterocycles. The van der Waals surface area contributed by atoms with E-state index >= 15 is 0 Å². The van der Waals surface area contributed by atoms with Crippen LogP contribution in [0, 0.1) is 0 Å². The summed E-state index contributed by atoms with van der Waals surface area (Å²) in [7, 11) is 4.00. The number of halogens is 1. The van der Waals surface area contributed by atoms with Gasteiger partial charge in [-0.25, -0.2) is 4.98 Å². The molecule has 0 aliphatic carbocycles. The number of aromatic nitrogens is 2. The zero-order valence-corrected chi connectivity index (χ0v) is 17.5. The number of nitrogens with zero attached hydrogens (tertiary/aromatic N) is 3. The normalized spacial score (nSPS) is 15.6. The van der Waals surface area contributed by atoms with E-state index in [2.05, 4.69) is 15.2 Å². The number of rotatable bonds is 5. The SMILES string of the molecule is CN(C)c1ccc(NC(=O)CN2CCC(c3nc4ccc(Cl)cc4[nH]3)CC2)cc1. The highest BCUT2D eigenvalue weighted by atomic mass is 35.5. The van der Waals surface area contributed by atoms with Crippen molar-refractivity contribution in [2.75, 3.05) is 43.9 Å². The molecule has 1 fully saturated rings. The molecule has 4 rings (SSSR count). The number of benzene rings is 2. The Morgan fingerprint density at radius 3 is 2.62 bits per heavy atom. The van der Waals surface area contributed by atoms with Gasteiger partial charge in [0.15, 0.2) is 0 Å². The van der Waals surface area contributed by atoms with Crippen molar-refractivity contribution >= 4 is 39.9 Å². The Balaban J connectivity index is 1.29. The van der Waals surface area contributed by atoms with Crippen LogP contribution in [0.2, 0.25) is 5.02 Å². The van der Waals surface area contributed by atoms with Gasteiger partial charge in [-0.15, -0.1) is 0 Å². The largest absolute Gasteiger partial charge is 0.378 e. The number of imidazole rings is 1. The average Bonchev–Trinajstić information content (AvgIpc) is 3.12. The highest BCUT2D eigenvalue weighted by Crippen LogP contribution is 2.28. The fourth-order valence-electron chi connectivity index (χ4n) is 3.81. The number of anilines is 2. The van der Waals surface area contributed by atoms with Crippen LogP contribution in [-0.2, 0) is 4.79 Å². The Kier molecular flexibility index (Phi) is 5.74. The molecule has 0 atom stereocenters. The number of hydrogen-bond donors (Lipinski definition) is 2. The molecule has 2 heterocycles. The van der Waals surface area contributed by atoms with Gasteiger partial charge in [-0.1, -0.05) is 11.6 Å². The third kappa shape index (κ3) is 4.71. The molecular weight excluding hydrogens is 386 g/mol. The summed E-state index contributed by atoms with van der Waals surface area (Å²) < 4.78 is 0. The van der Waals surface area contributed by atoms with Crippen LogP contribution in [0.25, 0.3) is 11.0 Å². The van der Waals surface area contributed by atoms with Crippen LogP contribution in [0.5, 0.6) is 0 Å². The average molecular weight is 412 g/mol. The first-order chi connectivity index (χ1) is 14.0. The molecule has 0 unspecified atom stereocenters. The van der Waals surface area contributed by atoms with Crippen molar-refractivity contribution in [2.45, 2.75) is 18.8 Å². The second-order valence-corrected chi connectivity index (χ2v) is 8.26. The Labute approximate surface area is 175 Å². The summed E-state index contributed by atoms with van der Waals surface area (Å²) in [6.45, 7) is 2.18. The van der Waals surface area contributed by atoms with Crippen LogP contribution >= 0.6 is 11.6 Å². The number of carbonyl (C=O) groups excluding carboxylic acids is 1. The molecule has 0 spiro atoms. The van der Waals surface area contributed by atoms with Gasteiger partial charge in [0, 0.05) is 36.4 Å². The Hall–Kier alpha value is -2.57. The number of carbonyl (C=O) groups is 1. The first-order valence-electron chi connectivity index (χ1n) is 9.93.